The monoisotopic (exact) mass is 564 g/mol. The zero-order valence-corrected chi connectivity index (χ0v) is 21.1. The maximum Gasteiger partial charge on any atom is 0.238 e. The molecule has 0 saturated heterocycles. The number of halogens is 1. The molecule has 0 fully saturated rings. The summed E-state index contributed by atoms with van der Waals surface area (Å²) in [4.78, 5) is 4.37. The highest BCUT2D eigenvalue weighted by molar-refractivity contribution is 14.0. The molecule has 0 spiro atoms. The SMILES string of the molecule is CN=C(NCCC(c1ccccc1)c1ccccc1)NCc1cccc(S(N)(=O)=O)c1.I. The second-order valence-corrected chi connectivity index (χ2v) is 8.77. The number of guanidine groups is 1. The first-order chi connectivity index (χ1) is 15.0. The van der Waals surface area contributed by atoms with Gasteiger partial charge in [-0.05, 0) is 35.2 Å². The number of aliphatic imine (C=N–C) groups is 1. The second-order valence-electron chi connectivity index (χ2n) is 7.21. The van der Waals surface area contributed by atoms with Crippen LogP contribution in [0.4, 0.5) is 0 Å². The summed E-state index contributed by atoms with van der Waals surface area (Å²) in [6.45, 7) is 1.16. The van der Waals surface area contributed by atoms with Crippen molar-refractivity contribution in [2.24, 2.45) is 10.1 Å². The van der Waals surface area contributed by atoms with Crippen molar-refractivity contribution >= 4 is 40.0 Å². The van der Waals surface area contributed by atoms with E-state index >= 15 is 0 Å². The van der Waals surface area contributed by atoms with E-state index in [0.717, 1.165) is 18.5 Å². The maximum atomic E-state index is 11.5. The van der Waals surface area contributed by atoms with Crippen molar-refractivity contribution in [1.29, 1.82) is 0 Å². The molecule has 0 atom stereocenters. The second kappa shape index (κ2) is 12.6. The van der Waals surface area contributed by atoms with Gasteiger partial charge in [0.25, 0.3) is 0 Å². The van der Waals surface area contributed by atoms with Crippen molar-refractivity contribution in [3.8, 4) is 0 Å². The van der Waals surface area contributed by atoms with Crippen LogP contribution >= 0.6 is 24.0 Å². The van der Waals surface area contributed by atoms with Gasteiger partial charge in [-0.2, -0.15) is 0 Å². The summed E-state index contributed by atoms with van der Waals surface area (Å²) in [6, 6.07) is 27.5. The van der Waals surface area contributed by atoms with Gasteiger partial charge >= 0.3 is 0 Å². The van der Waals surface area contributed by atoms with E-state index in [1.165, 1.54) is 17.2 Å². The van der Waals surface area contributed by atoms with E-state index in [-0.39, 0.29) is 34.8 Å². The van der Waals surface area contributed by atoms with Gasteiger partial charge in [-0.15, -0.1) is 24.0 Å². The first kappa shape index (κ1) is 25.8. The fraction of sp³-hybridized carbons (Fsp3) is 0.208. The molecule has 3 rings (SSSR count). The highest BCUT2D eigenvalue weighted by atomic mass is 127. The summed E-state index contributed by atoms with van der Waals surface area (Å²) >= 11 is 0. The van der Waals surface area contributed by atoms with Crippen LogP contribution in [-0.4, -0.2) is 28.0 Å². The molecule has 3 aromatic rings. The Kier molecular flexibility index (Phi) is 10.1. The Morgan fingerprint density at radius 1 is 0.906 bits per heavy atom. The standard InChI is InChI=1S/C24H28N4O2S.HI/c1-26-24(28-18-19-9-8-14-22(17-19)31(25,29)30)27-16-15-23(20-10-4-2-5-11-20)21-12-6-3-7-13-21;/h2-14,17,23H,15-16,18H2,1H3,(H2,25,29,30)(H2,26,27,28);1H. The molecule has 0 unspecified atom stereocenters. The van der Waals surface area contributed by atoms with Crippen molar-refractivity contribution in [3.05, 3.63) is 102 Å². The zero-order chi connectivity index (χ0) is 22.1. The van der Waals surface area contributed by atoms with Crippen LogP contribution in [-0.2, 0) is 16.6 Å². The van der Waals surface area contributed by atoms with Crippen molar-refractivity contribution in [3.63, 3.8) is 0 Å². The van der Waals surface area contributed by atoms with Crippen molar-refractivity contribution in [1.82, 2.24) is 10.6 Å². The molecule has 0 bridgehead atoms. The Hall–Kier alpha value is -2.43. The largest absolute Gasteiger partial charge is 0.356 e. The van der Waals surface area contributed by atoms with E-state index in [2.05, 4.69) is 64.2 Å². The topological polar surface area (TPSA) is 96.6 Å². The molecule has 0 amide bonds. The summed E-state index contributed by atoms with van der Waals surface area (Å²) < 4.78 is 23.1. The third kappa shape index (κ3) is 7.61. The summed E-state index contributed by atoms with van der Waals surface area (Å²) in [6.07, 6.45) is 0.898. The number of nitrogens with two attached hydrogens (primary N) is 1. The fourth-order valence-corrected chi connectivity index (χ4v) is 4.05. The van der Waals surface area contributed by atoms with Gasteiger partial charge in [0.1, 0.15) is 0 Å². The average molecular weight is 564 g/mol. The van der Waals surface area contributed by atoms with E-state index in [4.69, 9.17) is 5.14 Å². The zero-order valence-electron chi connectivity index (χ0n) is 17.9. The van der Waals surface area contributed by atoms with Crippen LogP contribution in [0.1, 0.15) is 29.0 Å². The van der Waals surface area contributed by atoms with Crippen LogP contribution in [0.25, 0.3) is 0 Å². The lowest BCUT2D eigenvalue weighted by atomic mass is 9.88. The van der Waals surface area contributed by atoms with Crippen LogP contribution < -0.4 is 15.8 Å². The third-order valence-corrected chi connectivity index (χ3v) is 5.95. The van der Waals surface area contributed by atoms with E-state index in [0.29, 0.717) is 12.5 Å². The van der Waals surface area contributed by atoms with Gasteiger partial charge in [-0.25, -0.2) is 13.6 Å². The Labute approximate surface area is 207 Å². The Morgan fingerprint density at radius 3 is 2.03 bits per heavy atom. The molecule has 32 heavy (non-hydrogen) atoms. The van der Waals surface area contributed by atoms with Gasteiger partial charge in [0.15, 0.2) is 5.96 Å². The molecule has 3 aromatic carbocycles. The van der Waals surface area contributed by atoms with Gasteiger partial charge in [-0.1, -0.05) is 72.8 Å². The third-order valence-electron chi connectivity index (χ3n) is 5.04. The number of hydrogen-bond donors (Lipinski definition) is 3. The molecule has 4 N–H and O–H groups in total. The Morgan fingerprint density at radius 2 is 1.50 bits per heavy atom. The molecular formula is C24H29IN4O2S. The number of nitrogens with one attached hydrogen (secondary N) is 2. The van der Waals surface area contributed by atoms with Crippen molar-refractivity contribution in [2.45, 2.75) is 23.8 Å². The van der Waals surface area contributed by atoms with Crippen LogP contribution in [0, 0.1) is 0 Å². The van der Waals surface area contributed by atoms with Gasteiger partial charge in [0, 0.05) is 26.1 Å². The van der Waals surface area contributed by atoms with Crippen LogP contribution in [0.15, 0.2) is 94.8 Å². The highest BCUT2D eigenvalue weighted by Gasteiger charge is 2.14. The number of rotatable bonds is 8. The molecule has 170 valence electrons. The average Bonchev–Trinajstić information content (AvgIpc) is 2.79. The van der Waals surface area contributed by atoms with Gasteiger partial charge in [-0.3, -0.25) is 4.99 Å². The van der Waals surface area contributed by atoms with E-state index in [9.17, 15) is 8.42 Å². The van der Waals surface area contributed by atoms with Crippen molar-refractivity contribution < 1.29 is 8.42 Å². The van der Waals surface area contributed by atoms with Gasteiger partial charge in [0.2, 0.25) is 10.0 Å². The number of nitrogens with zero attached hydrogens (tertiary/aromatic N) is 1. The summed E-state index contributed by atoms with van der Waals surface area (Å²) in [7, 11) is -2.01. The van der Waals surface area contributed by atoms with Gasteiger partial charge in [0.05, 0.1) is 4.90 Å². The molecule has 0 aliphatic heterocycles. The predicted molar refractivity (Wildman–Crippen MR) is 141 cm³/mol. The van der Waals surface area contributed by atoms with Crippen molar-refractivity contribution in [2.75, 3.05) is 13.6 Å². The lowest BCUT2D eigenvalue weighted by molar-refractivity contribution is 0.597. The molecule has 0 radical (unpaired) electrons. The summed E-state index contributed by atoms with van der Waals surface area (Å²) in [5.74, 6) is 0.931. The molecule has 0 aliphatic rings. The first-order valence-corrected chi connectivity index (χ1v) is 11.7. The lowest BCUT2D eigenvalue weighted by Crippen LogP contribution is -2.37. The Bertz CT molecular complexity index is 1070. The number of hydrogen-bond acceptors (Lipinski definition) is 3. The lowest BCUT2D eigenvalue weighted by Gasteiger charge is -2.19. The molecule has 0 aromatic heterocycles. The maximum absolute atomic E-state index is 11.5. The molecule has 6 nitrogen and oxygen atoms in total. The molecule has 8 heteroatoms. The number of primary sulfonamides is 1. The number of benzene rings is 3. The molecule has 0 heterocycles. The van der Waals surface area contributed by atoms with E-state index < -0.39 is 10.0 Å². The van der Waals surface area contributed by atoms with E-state index in [1.807, 2.05) is 18.2 Å². The van der Waals surface area contributed by atoms with Crippen LogP contribution in [0.2, 0.25) is 0 Å². The minimum absolute atomic E-state index is 0. The molecule has 0 aliphatic carbocycles. The molecular weight excluding hydrogens is 535 g/mol. The summed E-state index contributed by atoms with van der Waals surface area (Å²) in [5.41, 5.74) is 3.36. The van der Waals surface area contributed by atoms with Gasteiger partial charge < -0.3 is 10.6 Å². The minimum Gasteiger partial charge on any atom is -0.356 e. The number of sulfonamides is 1. The molecule has 0 saturated carbocycles. The minimum atomic E-state index is -3.72. The quantitative estimate of drug-likeness (QED) is 0.220. The predicted octanol–water partition coefficient (Wildman–Crippen LogP) is 3.84. The summed E-state index contributed by atoms with van der Waals surface area (Å²) in [5, 5.41) is 11.8. The van der Waals surface area contributed by atoms with Crippen LogP contribution in [0.5, 0.6) is 0 Å². The Balaban J connectivity index is 0.00000363. The normalized spacial score (nSPS) is 11.7. The fourth-order valence-electron chi connectivity index (χ4n) is 3.47. The van der Waals surface area contributed by atoms with Crippen LogP contribution in [0.3, 0.4) is 0 Å². The first-order valence-electron chi connectivity index (χ1n) is 10.1. The highest BCUT2D eigenvalue weighted by Crippen LogP contribution is 2.27. The smallest absolute Gasteiger partial charge is 0.238 e. The van der Waals surface area contributed by atoms with E-state index in [1.54, 1.807) is 19.2 Å².